The summed E-state index contributed by atoms with van der Waals surface area (Å²) in [4.78, 5) is 25.1. The van der Waals surface area contributed by atoms with Crippen LogP contribution in [0.15, 0.2) is 6.07 Å². The first-order valence-electron chi connectivity index (χ1n) is 4.72. The van der Waals surface area contributed by atoms with Crippen molar-refractivity contribution >= 4 is 17.7 Å². The molecule has 1 heterocycles. The number of rotatable bonds is 2. The summed E-state index contributed by atoms with van der Waals surface area (Å²) in [6.45, 7) is 2.68. The summed E-state index contributed by atoms with van der Waals surface area (Å²) in [5.74, 6) is -3.70. The number of amides is 1. The van der Waals surface area contributed by atoms with Crippen LogP contribution in [0.1, 0.15) is 21.6 Å². The van der Waals surface area contributed by atoms with Gasteiger partial charge in [0.05, 0.1) is 11.3 Å². The number of alkyl halides is 3. The first kappa shape index (κ1) is 13.9. The van der Waals surface area contributed by atoms with Gasteiger partial charge in [0.2, 0.25) is 0 Å². The number of anilines is 1. The molecule has 1 aromatic heterocycles. The minimum Gasteiger partial charge on any atom is -0.478 e. The number of nitrogens with one attached hydrogen (secondary N) is 1. The van der Waals surface area contributed by atoms with Crippen LogP contribution in [-0.2, 0) is 4.79 Å². The number of aryl methyl sites for hydroxylation is 2. The van der Waals surface area contributed by atoms with Gasteiger partial charge in [-0.1, -0.05) is 0 Å². The fourth-order valence-electron chi connectivity index (χ4n) is 1.23. The van der Waals surface area contributed by atoms with E-state index in [1.54, 1.807) is 5.32 Å². The number of carboxylic acids is 1. The molecule has 8 heteroatoms. The van der Waals surface area contributed by atoms with Gasteiger partial charge in [-0.2, -0.15) is 13.2 Å². The Labute approximate surface area is 99.6 Å². The van der Waals surface area contributed by atoms with Crippen molar-refractivity contribution in [1.29, 1.82) is 0 Å². The van der Waals surface area contributed by atoms with Crippen LogP contribution < -0.4 is 5.32 Å². The van der Waals surface area contributed by atoms with E-state index in [1.165, 1.54) is 13.8 Å². The van der Waals surface area contributed by atoms with Crippen molar-refractivity contribution in [2.24, 2.45) is 0 Å². The Kier molecular flexibility index (Phi) is 3.59. The van der Waals surface area contributed by atoms with Gasteiger partial charge < -0.3 is 10.4 Å². The van der Waals surface area contributed by atoms with E-state index in [4.69, 9.17) is 5.11 Å². The fourth-order valence-corrected chi connectivity index (χ4v) is 1.23. The van der Waals surface area contributed by atoms with Crippen molar-refractivity contribution in [3.05, 3.63) is 22.9 Å². The van der Waals surface area contributed by atoms with Gasteiger partial charge in [-0.15, -0.1) is 0 Å². The molecular formula is C10H9F3N2O3. The number of halogens is 3. The standard InChI is InChI=1S/C10H9F3N2O3/c1-4-3-6(8(16)17)5(2)14-7(4)15-9(18)10(11,12)13/h3H,1-2H3,(H,16,17)(H,14,15,18). The number of carbonyl (C=O) groups excluding carboxylic acids is 1. The van der Waals surface area contributed by atoms with E-state index in [1.807, 2.05) is 0 Å². The van der Waals surface area contributed by atoms with Crippen LogP contribution in [0, 0.1) is 13.8 Å². The quantitative estimate of drug-likeness (QED) is 0.853. The number of aromatic carboxylic acids is 1. The van der Waals surface area contributed by atoms with E-state index in [9.17, 15) is 22.8 Å². The Hall–Kier alpha value is -2.12. The number of carboxylic acid groups (broad SMARTS) is 1. The number of aromatic nitrogens is 1. The van der Waals surface area contributed by atoms with Crippen LogP contribution in [0.4, 0.5) is 19.0 Å². The average Bonchev–Trinajstić information content (AvgIpc) is 2.21. The molecule has 0 bridgehead atoms. The smallest absolute Gasteiger partial charge is 0.471 e. The molecule has 0 aromatic carbocycles. The maximum Gasteiger partial charge on any atom is 0.471 e. The zero-order valence-electron chi connectivity index (χ0n) is 9.42. The summed E-state index contributed by atoms with van der Waals surface area (Å²) in [6.07, 6.45) is -5.02. The minimum absolute atomic E-state index is 0.0191. The van der Waals surface area contributed by atoms with E-state index in [2.05, 4.69) is 4.98 Å². The second-order valence-electron chi connectivity index (χ2n) is 3.54. The molecule has 0 radical (unpaired) electrons. The number of nitrogens with zero attached hydrogens (tertiary/aromatic N) is 1. The van der Waals surface area contributed by atoms with E-state index in [0.717, 1.165) is 6.07 Å². The van der Waals surface area contributed by atoms with E-state index < -0.39 is 18.1 Å². The van der Waals surface area contributed by atoms with Gasteiger partial charge in [-0.25, -0.2) is 9.78 Å². The van der Waals surface area contributed by atoms with E-state index >= 15 is 0 Å². The minimum atomic E-state index is -5.02. The summed E-state index contributed by atoms with van der Waals surface area (Å²) in [7, 11) is 0. The zero-order valence-corrected chi connectivity index (χ0v) is 9.42. The first-order chi connectivity index (χ1) is 8.12. The molecule has 0 aliphatic heterocycles. The highest BCUT2D eigenvalue weighted by Gasteiger charge is 2.39. The highest BCUT2D eigenvalue weighted by Crippen LogP contribution is 2.21. The van der Waals surface area contributed by atoms with Crippen LogP contribution in [0.5, 0.6) is 0 Å². The first-order valence-corrected chi connectivity index (χ1v) is 4.72. The number of pyridine rings is 1. The fraction of sp³-hybridized carbons (Fsp3) is 0.300. The molecule has 0 unspecified atom stereocenters. The summed E-state index contributed by atoms with van der Waals surface area (Å²) >= 11 is 0. The largest absolute Gasteiger partial charge is 0.478 e. The van der Waals surface area contributed by atoms with Crippen LogP contribution in [0.3, 0.4) is 0 Å². The second-order valence-corrected chi connectivity index (χ2v) is 3.54. The van der Waals surface area contributed by atoms with Crippen molar-refractivity contribution in [1.82, 2.24) is 4.98 Å². The zero-order chi connectivity index (χ0) is 14.1. The Bertz CT molecular complexity index is 512. The van der Waals surface area contributed by atoms with E-state index in [-0.39, 0.29) is 22.6 Å². The Morgan fingerprint density at radius 2 is 1.89 bits per heavy atom. The third-order valence-electron chi connectivity index (χ3n) is 2.12. The van der Waals surface area contributed by atoms with Crippen LogP contribution in [0.2, 0.25) is 0 Å². The number of carbonyl (C=O) groups is 2. The normalized spacial score (nSPS) is 11.2. The maximum absolute atomic E-state index is 12.0. The lowest BCUT2D eigenvalue weighted by molar-refractivity contribution is -0.167. The lowest BCUT2D eigenvalue weighted by Gasteiger charge is -2.11. The molecule has 2 N–H and O–H groups in total. The number of hydrogen-bond acceptors (Lipinski definition) is 3. The molecule has 98 valence electrons. The third-order valence-corrected chi connectivity index (χ3v) is 2.12. The summed E-state index contributed by atoms with van der Waals surface area (Å²) in [6, 6.07) is 1.15. The van der Waals surface area contributed by atoms with Gasteiger partial charge >= 0.3 is 18.1 Å². The average molecular weight is 262 g/mol. The SMILES string of the molecule is Cc1cc(C(=O)O)c(C)nc1NC(=O)C(F)(F)F. The van der Waals surface area contributed by atoms with Crippen molar-refractivity contribution in [2.75, 3.05) is 5.32 Å². The predicted molar refractivity (Wildman–Crippen MR) is 55.4 cm³/mol. The predicted octanol–water partition coefficient (Wildman–Crippen LogP) is 1.90. The lowest BCUT2D eigenvalue weighted by atomic mass is 10.1. The lowest BCUT2D eigenvalue weighted by Crippen LogP contribution is -2.30. The van der Waals surface area contributed by atoms with Gasteiger partial charge in [0.15, 0.2) is 0 Å². The molecule has 5 nitrogen and oxygen atoms in total. The van der Waals surface area contributed by atoms with Gasteiger partial charge in [0.25, 0.3) is 0 Å². The molecule has 1 rings (SSSR count). The van der Waals surface area contributed by atoms with Gasteiger partial charge in [-0.3, -0.25) is 4.79 Å². The molecule has 1 amide bonds. The van der Waals surface area contributed by atoms with Crippen molar-refractivity contribution in [3.63, 3.8) is 0 Å². The highest BCUT2D eigenvalue weighted by atomic mass is 19.4. The molecule has 0 atom stereocenters. The van der Waals surface area contributed by atoms with Gasteiger partial charge in [0.1, 0.15) is 5.82 Å². The van der Waals surface area contributed by atoms with Crippen LogP contribution in [0.25, 0.3) is 0 Å². The molecule has 0 aliphatic carbocycles. The topological polar surface area (TPSA) is 79.3 Å². The van der Waals surface area contributed by atoms with Gasteiger partial charge in [0, 0.05) is 0 Å². The molecule has 0 aliphatic rings. The third kappa shape index (κ3) is 2.96. The maximum atomic E-state index is 12.0. The molecule has 0 spiro atoms. The molecular weight excluding hydrogens is 253 g/mol. The van der Waals surface area contributed by atoms with Crippen molar-refractivity contribution in [2.45, 2.75) is 20.0 Å². The molecule has 0 saturated carbocycles. The van der Waals surface area contributed by atoms with E-state index in [0.29, 0.717) is 0 Å². The molecule has 0 fully saturated rings. The Morgan fingerprint density at radius 1 is 1.33 bits per heavy atom. The highest BCUT2D eigenvalue weighted by molar-refractivity contribution is 5.95. The molecule has 1 aromatic rings. The molecule has 0 saturated heterocycles. The van der Waals surface area contributed by atoms with Crippen molar-refractivity contribution in [3.8, 4) is 0 Å². The van der Waals surface area contributed by atoms with Gasteiger partial charge in [-0.05, 0) is 25.5 Å². The second kappa shape index (κ2) is 4.63. The number of hydrogen-bond donors (Lipinski definition) is 2. The Morgan fingerprint density at radius 3 is 2.33 bits per heavy atom. The Balaban J connectivity index is 3.10. The van der Waals surface area contributed by atoms with Crippen LogP contribution >= 0.6 is 0 Å². The summed E-state index contributed by atoms with van der Waals surface area (Å²) in [5, 5.41) is 10.4. The summed E-state index contributed by atoms with van der Waals surface area (Å²) < 4.78 is 36.1. The van der Waals surface area contributed by atoms with Crippen molar-refractivity contribution < 1.29 is 27.9 Å². The molecule has 18 heavy (non-hydrogen) atoms. The monoisotopic (exact) mass is 262 g/mol. The summed E-state index contributed by atoms with van der Waals surface area (Å²) in [5.41, 5.74) is 0.0266. The van der Waals surface area contributed by atoms with Crippen LogP contribution in [-0.4, -0.2) is 28.1 Å².